The van der Waals surface area contributed by atoms with Crippen LogP contribution in [0.15, 0.2) is 18.2 Å². The number of anilines is 1. The zero-order valence-electron chi connectivity index (χ0n) is 10.5. The van der Waals surface area contributed by atoms with Crippen molar-refractivity contribution in [2.75, 3.05) is 23.4 Å². The van der Waals surface area contributed by atoms with Crippen molar-refractivity contribution in [1.29, 1.82) is 0 Å². The maximum Gasteiger partial charge on any atom is 0.226 e. The highest BCUT2D eigenvalue weighted by molar-refractivity contribution is 7.91. The maximum atomic E-state index is 13.3. The third-order valence-electron chi connectivity index (χ3n) is 2.94. The number of hydrogen-bond acceptors (Lipinski definition) is 4. The fourth-order valence-electron chi connectivity index (χ4n) is 2.01. The number of rotatable bonds is 3. The number of amides is 1. The van der Waals surface area contributed by atoms with Gasteiger partial charge in [0.2, 0.25) is 5.91 Å². The van der Waals surface area contributed by atoms with Crippen LogP contribution in [0.4, 0.5) is 14.5 Å². The number of hydrogen-bond donors (Lipinski definition) is 2. The molecule has 2 rings (SSSR count). The monoisotopic (exact) mass is 304 g/mol. The van der Waals surface area contributed by atoms with Gasteiger partial charge in [-0.3, -0.25) is 4.79 Å². The first-order valence-corrected chi connectivity index (χ1v) is 7.86. The van der Waals surface area contributed by atoms with E-state index in [0.717, 1.165) is 12.1 Å². The molecule has 5 nitrogen and oxygen atoms in total. The van der Waals surface area contributed by atoms with Gasteiger partial charge < -0.3 is 10.6 Å². The molecule has 1 heterocycles. The average molecular weight is 304 g/mol. The van der Waals surface area contributed by atoms with E-state index in [0.29, 0.717) is 12.6 Å². The summed E-state index contributed by atoms with van der Waals surface area (Å²) in [6.07, 6.45) is -0.0873. The summed E-state index contributed by atoms with van der Waals surface area (Å²) in [5.41, 5.74) is -0.130. The summed E-state index contributed by atoms with van der Waals surface area (Å²) in [4.78, 5) is 11.7. The molecule has 1 saturated heterocycles. The van der Waals surface area contributed by atoms with Crippen molar-refractivity contribution in [1.82, 2.24) is 5.32 Å². The van der Waals surface area contributed by atoms with Crippen LogP contribution in [0.1, 0.15) is 6.42 Å². The van der Waals surface area contributed by atoms with Gasteiger partial charge in [-0.2, -0.15) is 0 Å². The molecule has 0 saturated carbocycles. The van der Waals surface area contributed by atoms with E-state index in [1.807, 2.05) is 0 Å². The van der Waals surface area contributed by atoms with Crippen LogP contribution in [0.2, 0.25) is 0 Å². The third kappa shape index (κ3) is 3.97. The number of nitrogens with one attached hydrogen (secondary N) is 2. The normalized spacial score (nSPS) is 21.4. The molecule has 1 aromatic carbocycles. The molecule has 8 heteroatoms. The van der Waals surface area contributed by atoms with Crippen LogP contribution in [0.3, 0.4) is 0 Å². The molecule has 0 aromatic heterocycles. The van der Waals surface area contributed by atoms with Gasteiger partial charge in [0.1, 0.15) is 11.6 Å². The Bertz CT molecular complexity index is 619. The van der Waals surface area contributed by atoms with Crippen molar-refractivity contribution in [3.63, 3.8) is 0 Å². The predicted molar refractivity (Wildman–Crippen MR) is 70.0 cm³/mol. The van der Waals surface area contributed by atoms with Gasteiger partial charge >= 0.3 is 0 Å². The highest BCUT2D eigenvalue weighted by Gasteiger charge is 2.26. The van der Waals surface area contributed by atoms with E-state index in [4.69, 9.17) is 0 Å². The van der Waals surface area contributed by atoms with E-state index in [2.05, 4.69) is 10.6 Å². The Morgan fingerprint density at radius 3 is 2.80 bits per heavy atom. The average Bonchev–Trinajstić information content (AvgIpc) is 2.31. The lowest BCUT2D eigenvalue weighted by Gasteiger charge is -2.23. The molecular weight excluding hydrogens is 290 g/mol. The topological polar surface area (TPSA) is 75.3 Å². The predicted octanol–water partition coefficient (Wildman–Crippen LogP) is 0.680. The molecule has 0 bridgehead atoms. The van der Waals surface area contributed by atoms with Crippen molar-refractivity contribution in [3.8, 4) is 0 Å². The zero-order chi connectivity index (χ0) is 14.8. The van der Waals surface area contributed by atoms with Crippen LogP contribution >= 0.6 is 0 Å². The van der Waals surface area contributed by atoms with E-state index in [1.54, 1.807) is 0 Å². The Morgan fingerprint density at radius 2 is 2.15 bits per heavy atom. The molecule has 1 aromatic rings. The van der Waals surface area contributed by atoms with Crippen molar-refractivity contribution in [3.05, 3.63) is 29.8 Å². The quantitative estimate of drug-likeness (QED) is 0.861. The van der Waals surface area contributed by atoms with Crippen LogP contribution in [0, 0.1) is 11.6 Å². The molecule has 110 valence electrons. The summed E-state index contributed by atoms with van der Waals surface area (Å²) >= 11 is 0. The molecule has 1 atom stereocenters. The summed E-state index contributed by atoms with van der Waals surface area (Å²) < 4.78 is 48.9. The van der Waals surface area contributed by atoms with Crippen LogP contribution in [0.25, 0.3) is 0 Å². The molecule has 0 aliphatic carbocycles. The van der Waals surface area contributed by atoms with Crippen LogP contribution in [-0.4, -0.2) is 38.4 Å². The molecule has 20 heavy (non-hydrogen) atoms. The van der Waals surface area contributed by atoms with Crippen LogP contribution < -0.4 is 10.6 Å². The van der Waals surface area contributed by atoms with Gasteiger partial charge in [0.05, 0.1) is 17.2 Å². The second kappa shape index (κ2) is 5.84. The van der Waals surface area contributed by atoms with Crippen LogP contribution in [0.5, 0.6) is 0 Å². The summed E-state index contributed by atoms with van der Waals surface area (Å²) in [6.45, 7) is 0.297. The van der Waals surface area contributed by atoms with Gasteiger partial charge in [0, 0.05) is 25.1 Å². The zero-order valence-corrected chi connectivity index (χ0v) is 11.3. The standard InChI is InChI=1S/C12H14F2N2O3S/c13-8-1-2-11(10(14)5-8)16-12(17)6-9-7-20(18,19)4-3-15-9/h1-2,5,9,15H,3-4,6-7H2,(H,16,17). The summed E-state index contributed by atoms with van der Waals surface area (Å²) in [5, 5.41) is 5.22. The lowest BCUT2D eigenvalue weighted by Crippen LogP contribution is -2.46. The molecule has 0 spiro atoms. The maximum absolute atomic E-state index is 13.3. The second-order valence-corrected chi connectivity index (χ2v) is 6.87. The molecule has 1 fully saturated rings. The molecule has 2 N–H and O–H groups in total. The van der Waals surface area contributed by atoms with Gasteiger partial charge in [-0.25, -0.2) is 17.2 Å². The largest absolute Gasteiger partial charge is 0.324 e. The number of sulfone groups is 1. The lowest BCUT2D eigenvalue weighted by molar-refractivity contribution is -0.116. The van der Waals surface area contributed by atoms with E-state index in [9.17, 15) is 22.0 Å². The minimum Gasteiger partial charge on any atom is -0.324 e. The van der Waals surface area contributed by atoms with Crippen LogP contribution in [-0.2, 0) is 14.6 Å². The van der Waals surface area contributed by atoms with Gasteiger partial charge in [-0.15, -0.1) is 0 Å². The first-order valence-electron chi connectivity index (χ1n) is 6.04. The number of carbonyl (C=O) groups is 1. The van der Waals surface area contributed by atoms with E-state index in [1.165, 1.54) is 0 Å². The Labute approximate surface area is 115 Å². The second-order valence-electron chi connectivity index (χ2n) is 4.64. The van der Waals surface area contributed by atoms with Crippen molar-refractivity contribution < 1.29 is 22.0 Å². The lowest BCUT2D eigenvalue weighted by atomic mass is 10.2. The van der Waals surface area contributed by atoms with E-state index in [-0.39, 0.29) is 23.6 Å². The number of carbonyl (C=O) groups excluding carboxylic acids is 1. The Morgan fingerprint density at radius 1 is 1.40 bits per heavy atom. The molecule has 1 aliphatic heterocycles. The molecule has 1 unspecified atom stereocenters. The van der Waals surface area contributed by atoms with Gasteiger partial charge in [0.25, 0.3) is 0 Å². The van der Waals surface area contributed by atoms with E-state index < -0.39 is 33.4 Å². The van der Waals surface area contributed by atoms with Crippen molar-refractivity contribution in [2.45, 2.75) is 12.5 Å². The first kappa shape index (κ1) is 14.9. The third-order valence-corrected chi connectivity index (χ3v) is 4.67. The summed E-state index contributed by atoms with van der Waals surface area (Å²) in [5.74, 6) is -2.20. The van der Waals surface area contributed by atoms with E-state index >= 15 is 0 Å². The highest BCUT2D eigenvalue weighted by atomic mass is 32.2. The van der Waals surface area contributed by atoms with Gasteiger partial charge in [0.15, 0.2) is 9.84 Å². The smallest absolute Gasteiger partial charge is 0.226 e. The fourth-order valence-corrected chi connectivity index (χ4v) is 3.46. The van der Waals surface area contributed by atoms with Gasteiger partial charge in [-0.05, 0) is 12.1 Å². The minimum absolute atomic E-state index is 0.0533. The first-order chi connectivity index (χ1) is 9.35. The minimum atomic E-state index is -3.13. The molecular formula is C12H14F2N2O3S. The molecule has 1 aliphatic rings. The Kier molecular flexibility index (Phi) is 4.34. The van der Waals surface area contributed by atoms with Crippen molar-refractivity contribution in [2.24, 2.45) is 0 Å². The number of halogens is 2. The van der Waals surface area contributed by atoms with Crippen molar-refractivity contribution >= 4 is 21.4 Å². The highest BCUT2D eigenvalue weighted by Crippen LogP contribution is 2.15. The fraction of sp³-hybridized carbons (Fsp3) is 0.417. The molecule has 0 radical (unpaired) electrons. The summed E-state index contributed by atoms with van der Waals surface area (Å²) in [6, 6.07) is 2.33. The number of benzene rings is 1. The Hall–Kier alpha value is -1.54. The molecule has 1 amide bonds. The SMILES string of the molecule is O=C(CC1CS(=O)(=O)CCN1)Nc1ccc(F)cc1F. The van der Waals surface area contributed by atoms with Gasteiger partial charge in [-0.1, -0.05) is 0 Å². The Balaban J connectivity index is 1.95. The summed E-state index contributed by atoms with van der Waals surface area (Å²) in [7, 11) is -3.13.